The molecule has 5 nitrogen and oxygen atoms in total. The number of ether oxygens (including phenoxy) is 2. The molecule has 3 fully saturated rings. The van der Waals surface area contributed by atoms with Crippen LogP contribution in [0.4, 0.5) is 0 Å². The fraction of sp³-hybridized carbons (Fsp3) is 0.737. The molecule has 0 aliphatic carbocycles. The average Bonchev–Trinajstić information content (AvgIpc) is 3.19. The first-order valence-electron chi connectivity index (χ1n) is 9.42. The Morgan fingerprint density at radius 2 is 2.08 bits per heavy atom. The Morgan fingerprint density at radius 3 is 2.92 bits per heavy atom. The maximum Gasteiger partial charge on any atom is 0.105 e. The number of hydrogen-bond donors (Lipinski definition) is 0. The summed E-state index contributed by atoms with van der Waals surface area (Å²) in [6.07, 6.45) is 7.22. The quantitative estimate of drug-likeness (QED) is 0.843. The van der Waals surface area contributed by atoms with E-state index in [-0.39, 0.29) is 5.60 Å². The number of pyridine rings is 1. The van der Waals surface area contributed by atoms with Gasteiger partial charge in [0.05, 0.1) is 25.0 Å². The Labute approximate surface area is 144 Å². The summed E-state index contributed by atoms with van der Waals surface area (Å²) >= 11 is 0. The second-order valence-electron chi connectivity index (χ2n) is 7.55. The van der Waals surface area contributed by atoms with E-state index in [1.807, 2.05) is 12.3 Å². The fourth-order valence-corrected chi connectivity index (χ4v) is 4.34. The number of likely N-dealkylation sites (tertiary alicyclic amines) is 1. The van der Waals surface area contributed by atoms with Crippen LogP contribution in [0, 0.1) is 0 Å². The Morgan fingerprint density at radius 1 is 1.17 bits per heavy atom. The van der Waals surface area contributed by atoms with Gasteiger partial charge in [0.25, 0.3) is 0 Å². The molecular formula is C19H29N3O2. The number of nitrogens with zero attached hydrogens (tertiary/aromatic N) is 3. The molecule has 0 aromatic carbocycles. The van der Waals surface area contributed by atoms with Gasteiger partial charge in [-0.25, -0.2) is 0 Å². The number of hydrogen-bond acceptors (Lipinski definition) is 5. The lowest BCUT2D eigenvalue weighted by Gasteiger charge is -2.32. The average molecular weight is 331 g/mol. The van der Waals surface area contributed by atoms with Crippen molar-refractivity contribution in [1.29, 1.82) is 0 Å². The van der Waals surface area contributed by atoms with Crippen molar-refractivity contribution < 1.29 is 9.47 Å². The van der Waals surface area contributed by atoms with Crippen molar-refractivity contribution in [3.05, 3.63) is 30.1 Å². The lowest BCUT2D eigenvalue weighted by molar-refractivity contribution is -0.0914. The molecule has 0 bridgehead atoms. The van der Waals surface area contributed by atoms with Gasteiger partial charge in [-0.1, -0.05) is 6.07 Å². The van der Waals surface area contributed by atoms with Gasteiger partial charge in [0, 0.05) is 32.4 Å². The standard InChI is InChI=1S/C19H29N3O2/c1-2-8-20-17(5-1)13-22-11-12-23-16-19(15-22)7-6-18(24-19)14-21-9-3-4-10-21/h1-2,5,8,18H,3-4,6-7,9-16H2. The molecule has 1 spiro atoms. The van der Waals surface area contributed by atoms with E-state index in [4.69, 9.17) is 9.47 Å². The second kappa shape index (κ2) is 7.48. The molecule has 4 rings (SSSR count). The maximum absolute atomic E-state index is 6.57. The third kappa shape index (κ3) is 3.97. The lowest BCUT2D eigenvalue weighted by atomic mass is 10.00. The highest BCUT2D eigenvalue weighted by Crippen LogP contribution is 2.34. The summed E-state index contributed by atoms with van der Waals surface area (Å²) in [4.78, 5) is 9.49. The van der Waals surface area contributed by atoms with Crippen LogP contribution in [0.1, 0.15) is 31.4 Å². The van der Waals surface area contributed by atoms with Gasteiger partial charge in [-0.15, -0.1) is 0 Å². The first-order valence-corrected chi connectivity index (χ1v) is 9.42. The van der Waals surface area contributed by atoms with Crippen LogP contribution in [0.2, 0.25) is 0 Å². The van der Waals surface area contributed by atoms with Crippen LogP contribution < -0.4 is 0 Å². The third-order valence-electron chi connectivity index (χ3n) is 5.54. The smallest absolute Gasteiger partial charge is 0.105 e. The summed E-state index contributed by atoms with van der Waals surface area (Å²) in [5, 5.41) is 0. The van der Waals surface area contributed by atoms with Crippen LogP contribution in [-0.4, -0.2) is 72.4 Å². The van der Waals surface area contributed by atoms with Crippen LogP contribution in [0.25, 0.3) is 0 Å². The molecule has 0 N–H and O–H groups in total. The molecule has 0 amide bonds. The highest BCUT2D eigenvalue weighted by atomic mass is 16.6. The van der Waals surface area contributed by atoms with Gasteiger partial charge >= 0.3 is 0 Å². The van der Waals surface area contributed by atoms with Gasteiger partial charge in [0.1, 0.15) is 5.60 Å². The molecule has 2 atom stereocenters. The van der Waals surface area contributed by atoms with E-state index in [2.05, 4.69) is 26.9 Å². The van der Waals surface area contributed by atoms with Gasteiger partial charge in [0.15, 0.2) is 0 Å². The SMILES string of the molecule is c1ccc(CN2CCOCC3(CCC(CN4CCCC4)O3)C2)nc1. The third-order valence-corrected chi connectivity index (χ3v) is 5.54. The second-order valence-corrected chi connectivity index (χ2v) is 7.55. The topological polar surface area (TPSA) is 37.8 Å². The lowest BCUT2D eigenvalue weighted by Crippen LogP contribution is -2.45. The van der Waals surface area contributed by atoms with Gasteiger partial charge in [-0.3, -0.25) is 9.88 Å². The van der Waals surface area contributed by atoms with Gasteiger partial charge in [-0.05, 0) is 50.9 Å². The number of rotatable bonds is 4. The van der Waals surface area contributed by atoms with E-state index in [1.54, 1.807) is 0 Å². The molecule has 1 aromatic rings. The van der Waals surface area contributed by atoms with E-state index in [1.165, 1.54) is 25.9 Å². The summed E-state index contributed by atoms with van der Waals surface area (Å²) in [6.45, 7) is 7.91. The Bertz CT molecular complexity index is 521. The van der Waals surface area contributed by atoms with Crippen LogP contribution >= 0.6 is 0 Å². The minimum Gasteiger partial charge on any atom is -0.377 e. The van der Waals surface area contributed by atoms with Crippen LogP contribution in [0.5, 0.6) is 0 Å². The molecule has 2 unspecified atom stereocenters. The Balaban J connectivity index is 1.37. The minimum absolute atomic E-state index is 0.115. The van der Waals surface area contributed by atoms with Crippen LogP contribution in [-0.2, 0) is 16.0 Å². The molecule has 0 saturated carbocycles. The summed E-state index contributed by atoms with van der Waals surface area (Å²) in [6, 6.07) is 6.13. The summed E-state index contributed by atoms with van der Waals surface area (Å²) in [5.41, 5.74) is 1.01. The van der Waals surface area contributed by atoms with Gasteiger partial charge < -0.3 is 14.4 Å². The van der Waals surface area contributed by atoms with E-state index in [9.17, 15) is 0 Å². The molecule has 24 heavy (non-hydrogen) atoms. The van der Waals surface area contributed by atoms with Gasteiger partial charge in [-0.2, -0.15) is 0 Å². The van der Waals surface area contributed by atoms with Crippen LogP contribution in [0.3, 0.4) is 0 Å². The van der Waals surface area contributed by atoms with E-state index < -0.39 is 0 Å². The Hall–Kier alpha value is -1.01. The van der Waals surface area contributed by atoms with Crippen molar-refractivity contribution in [3.63, 3.8) is 0 Å². The van der Waals surface area contributed by atoms with E-state index in [0.717, 1.165) is 57.9 Å². The maximum atomic E-state index is 6.57. The fourth-order valence-electron chi connectivity index (χ4n) is 4.34. The first kappa shape index (κ1) is 16.5. The van der Waals surface area contributed by atoms with Crippen molar-refractivity contribution >= 4 is 0 Å². The molecule has 0 radical (unpaired) electrons. The van der Waals surface area contributed by atoms with Crippen molar-refractivity contribution in [1.82, 2.24) is 14.8 Å². The zero-order chi connectivity index (χ0) is 16.2. The minimum atomic E-state index is -0.115. The molecule has 132 valence electrons. The molecule has 5 heteroatoms. The summed E-state index contributed by atoms with van der Waals surface area (Å²) in [7, 11) is 0. The monoisotopic (exact) mass is 331 g/mol. The zero-order valence-electron chi connectivity index (χ0n) is 14.5. The normalized spacial score (nSPS) is 32.4. The van der Waals surface area contributed by atoms with Crippen LogP contribution in [0.15, 0.2) is 24.4 Å². The van der Waals surface area contributed by atoms with E-state index in [0.29, 0.717) is 6.10 Å². The largest absolute Gasteiger partial charge is 0.377 e. The molecule has 1 aromatic heterocycles. The molecule has 4 heterocycles. The van der Waals surface area contributed by atoms with Gasteiger partial charge in [0.2, 0.25) is 0 Å². The molecule has 3 aliphatic rings. The van der Waals surface area contributed by atoms with E-state index >= 15 is 0 Å². The molecular weight excluding hydrogens is 302 g/mol. The zero-order valence-corrected chi connectivity index (χ0v) is 14.5. The molecule has 3 aliphatic heterocycles. The Kier molecular flexibility index (Phi) is 5.13. The molecule has 3 saturated heterocycles. The summed E-state index contributed by atoms with van der Waals surface area (Å²) < 4.78 is 12.5. The highest BCUT2D eigenvalue weighted by Gasteiger charge is 2.43. The number of aromatic nitrogens is 1. The predicted octanol–water partition coefficient (Wildman–Crippen LogP) is 1.93. The predicted molar refractivity (Wildman–Crippen MR) is 92.8 cm³/mol. The highest BCUT2D eigenvalue weighted by molar-refractivity contribution is 5.04. The van der Waals surface area contributed by atoms with Crippen molar-refractivity contribution in [3.8, 4) is 0 Å². The summed E-state index contributed by atoms with van der Waals surface area (Å²) in [5.74, 6) is 0. The first-order chi connectivity index (χ1) is 11.8. The van der Waals surface area contributed by atoms with Crippen molar-refractivity contribution in [2.24, 2.45) is 0 Å². The van der Waals surface area contributed by atoms with Crippen molar-refractivity contribution in [2.45, 2.75) is 43.9 Å². The van der Waals surface area contributed by atoms with Crippen molar-refractivity contribution in [2.75, 3.05) is 45.9 Å².